The van der Waals surface area contributed by atoms with E-state index in [1.54, 1.807) is 0 Å². The minimum absolute atomic E-state index is 0.0191. The summed E-state index contributed by atoms with van der Waals surface area (Å²) in [6, 6.07) is 6.10. The number of halogens is 2. The number of amides is 1. The topological polar surface area (TPSA) is 98.3 Å². The third kappa shape index (κ3) is 3.11. The Hall–Kier alpha value is -3.03. The van der Waals surface area contributed by atoms with Crippen LogP contribution in [-0.2, 0) is 0 Å². The van der Waals surface area contributed by atoms with Gasteiger partial charge in [0.05, 0.1) is 10.6 Å². The van der Waals surface area contributed by atoms with Crippen LogP contribution in [0.25, 0.3) is 0 Å². The van der Waals surface area contributed by atoms with Gasteiger partial charge in [-0.1, -0.05) is 0 Å². The summed E-state index contributed by atoms with van der Waals surface area (Å²) in [4.78, 5) is 21.3. The molecule has 3 N–H and O–H groups in total. The molecule has 0 aliphatic carbocycles. The molecule has 0 spiro atoms. The van der Waals surface area contributed by atoms with Crippen LogP contribution in [0, 0.1) is 21.7 Å². The van der Waals surface area contributed by atoms with Gasteiger partial charge in [0.1, 0.15) is 17.3 Å². The lowest BCUT2D eigenvalue weighted by Gasteiger charge is -2.09. The highest BCUT2D eigenvalue weighted by Gasteiger charge is 2.17. The first-order chi connectivity index (χ1) is 9.88. The van der Waals surface area contributed by atoms with Crippen molar-refractivity contribution in [2.24, 2.45) is 5.73 Å². The number of carbonyl (C=O) groups is 1. The average Bonchev–Trinajstić information content (AvgIpc) is 2.41. The Balaban J connectivity index is 2.48. The predicted molar refractivity (Wildman–Crippen MR) is 71.3 cm³/mol. The minimum Gasteiger partial charge on any atom is -0.366 e. The van der Waals surface area contributed by atoms with Crippen LogP contribution in [-0.4, -0.2) is 10.8 Å². The molecule has 0 heterocycles. The number of nitro groups is 1. The number of anilines is 2. The number of rotatable bonds is 4. The maximum atomic E-state index is 13.6. The van der Waals surface area contributed by atoms with Crippen molar-refractivity contribution < 1.29 is 18.5 Å². The van der Waals surface area contributed by atoms with E-state index in [2.05, 4.69) is 5.32 Å². The van der Waals surface area contributed by atoms with Crippen molar-refractivity contribution in [3.63, 3.8) is 0 Å². The Bertz CT molecular complexity index is 735. The number of benzene rings is 2. The molecule has 2 aromatic carbocycles. The zero-order valence-corrected chi connectivity index (χ0v) is 10.5. The molecular formula is C13H9F2N3O3. The fraction of sp³-hybridized carbons (Fsp3) is 0. The van der Waals surface area contributed by atoms with Crippen LogP contribution >= 0.6 is 0 Å². The monoisotopic (exact) mass is 293 g/mol. The Morgan fingerprint density at radius 3 is 2.43 bits per heavy atom. The van der Waals surface area contributed by atoms with Crippen molar-refractivity contribution in [2.45, 2.75) is 0 Å². The standard InChI is InChI=1S/C13H9F2N3O3/c14-8-2-3-10(9(15)6-8)17-11-5-7(13(16)19)1-4-12(11)18(20)21/h1-6,17H,(H2,16,19). The van der Waals surface area contributed by atoms with Gasteiger partial charge in [-0.05, 0) is 24.3 Å². The van der Waals surface area contributed by atoms with Gasteiger partial charge in [-0.15, -0.1) is 0 Å². The lowest BCUT2D eigenvalue weighted by atomic mass is 10.1. The molecule has 2 aromatic rings. The second-order valence-corrected chi connectivity index (χ2v) is 4.10. The number of primary amides is 1. The highest BCUT2D eigenvalue weighted by atomic mass is 19.1. The molecule has 0 fully saturated rings. The molecule has 0 aliphatic heterocycles. The molecule has 0 saturated heterocycles. The highest BCUT2D eigenvalue weighted by Crippen LogP contribution is 2.29. The van der Waals surface area contributed by atoms with E-state index in [0.717, 1.165) is 24.3 Å². The molecule has 0 unspecified atom stereocenters. The normalized spacial score (nSPS) is 10.2. The number of nitrogens with zero attached hydrogens (tertiary/aromatic N) is 1. The van der Waals surface area contributed by atoms with E-state index in [0.29, 0.717) is 6.07 Å². The maximum absolute atomic E-state index is 13.6. The number of nitrogens with one attached hydrogen (secondary N) is 1. The van der Waals surface area contributed by atoms with Crippen molar-refractivity contribution >= 4 is 23.0 Å². The van der Waals surface area contributed by atoms with Crippen LogP contribution in [0.15, 0.2) is 36.4 Å². The Morgan fingerprint density at radius 2 is 1.86 bits per heavy atom. The smallest absolute Gasteiger partial charge is 0.292 e. The van der Waals surface area contributed by atoms with Crippen molar-refractivity contribution in [2.75, 3.05) is 5.32 Å². The fourth-order valence-corrected chi connectivity index (χ4v) is 1.68. The SMILES string of the molecule is NC(=O)c1ccc([N+](=O)[O-])c(Nc2ccc(F)cc2F)c1. The number of hydrogen-bond acceptors (Lipinski definition) is 4. The van der Waals surface area contributed by atoms with Gasteiger partial charge in [0.15, 0.2) is 0 Å². The maximum Gasteiger partial charge on any atom is 0.292 e. The zero-order valence-electron chi connectivity index (χ0n) is 10.5. The van der Waals surface area contributed by atoms with Crippen LogP contribution in [0.4, 0.5) is 25.8 Å². The number of hydrogen-bond donors (Lipinski definition) is 2. The summed E-state index contributed by atoms with van der Waals surface area (Å²) in [5, 5.41) is 13.4. The summed E-state index contributed by atoms with van der Waals surface area (Å²) in [6.07, 6.45) is 0. The Labute approximate surface area is 117 Å². The van der Waals surface area contributed by atoms with Crippen LogP contribution < -0.4 is 11.1 Å². The lowest BCUT2D eigenvalue weighted by molar-refractivity contribution is -0.383. The van der Waals surface area contributed by atoms with Gasteiger partial charge < -0.3 is 11.1 Å². The number of carbonyl (C=O) groups excluding carboxylic acids is 1. The van der Waals surface area contributed by atoms with Crippen molar-refractivity contribution in [1.82, 2.24) is 0 Å². The lowest BCUT2D eigenvalue weighted by Crippen LogP contribution is -2.11. The first kappa shape index (κ1) is 14.4. The average molecular weight is 293 g/mol. The fourth-order valence-electron chi connectivity index (χ4n) is 1.68. The van der Waals surface area contributed by atoms with E-state index >= 15 is 0 Å². The summed E-state index contributed by atoms with van der Waals surface area (Å²) in [5.74, 6) is -2.49. The molecule has 0 bridgehead atoms. The molecule has 0 saturated carbocycles. The zero-order chi connectivity index (χ0) is 15.6. The first-order valence-electron chi connectivity index (χ1n) is 5.69. The predicted octanol–water partition coefficient (Wildman–Crippen LogP) is 2.72. The third-order valence-electron chi connectivity index (χ3n) is 2.68. The van der Waals surface area contributed by atoms with Gasteiger partial charge in [-0.3, -0.25) is 14.9 Å². The highest BCUT2D eigenvalue weighted by molar-refractivity contribution is 5.95. The Morgan fingerprint density at radius 1 is 1.14 bits per heavy atom. The molecule has 0 aromatic heterocycles. The summed E-state index contributed by atoms with van der Waals surface area (Å²) in [6.45, 7) is 0. The molecule has 1 amide bonds. The molecule has 0 radical (unpaired) electrons. The number of nitrogens with two attached hydrogens (primary N) is 1. The molecule has 108 valence electrons. The van der Waals surface area contributed by atoms with E-state index < -0.39 is 22.5 Å². The molecule has 6 nitrogen and oxygen atoms in total. The minimum atomic E-state index is -0.922. The van der Waals surface area contributed by atoms with Crippen LogP contribution in [0.5, 0.6) is 0 Å². The molecular weight excluding hydrogens is 284 g/mol. The van der Waals surface area contributed by atoms with Gasteiger partial charge in [0.2, 0.25) is 5.91 Å². The summed E-state index contributed by atoms with van der Waals surface area (Å²) in [5.41, 5.74) is 4.45. The van der Waals surface area contributed by atoms with Crippen LogP contribution in [0.3, 0.4) is 0 Å². The van der Waals surface area contributed by atoms with E-state index in [9.17, 15) is 23.7 Å². The largest absolute Gasteiger partial charge is 0.366 e. The van der Waals surface area contributed by atoms with Crippen LogP contribution in [0.1, 0.15) is 10.4 Å². The van der Waals surface area contributed by atoms with Gasteiger partial charge in [0, 0.05) is 17.7 Å². The molecule has 2 rings (SSSR count). The first-order valence-corrected chi connectivity index (χ1v) is 5.69. The summed E-state index contributed by atoms with van der Waals surface area (Å²) >= 11 is 0. The third-order valence-corrected chi connectivity index (χ3v) is 2.68. The summed E-state index contributed by atoms with van der Waals surface area (Å²) in [7, 11) is 0. The van der Waals surface area contributed by atoms with Gasteiger partial charge in [-0.2, -0.15) is 0 Å². The molecule has 21 heavy (non-hydrogen) atoms. The van der Waals surface area contributed by atoms with E-state index in [1.807, 2.05) is 0 Å². The Kier molecular flexibility index (Phi) is 3.79. The van der Waals surface area contributed by atoms with Gasteiger partial charge in [0.25, 0.3) is 5.69 Å². The van der Waals surface area contributed by atoms with Crippen molar-refractivity contribution in [3.8, 4) is 0 Å². The van der Waals surface area contributed by atoms with Gasteiger partial charge in [-0.25, -0.2) is 8.78 Å². The second kappa shape index (κ2) is 5.53. The van der Waals surface area contributed by atoms with E-state index in [4.69, 9.17) is 5.73 Å². The van der Waals surface area contributed by atoms with Crippen molar-refractivity contribution in [1.29, 1.82) is 0 Å². The van der Waals surface area contributed by atoms with Gasteiger partial charge >= 0.3 is 0 Å². The van der Waals surface area contributed by atoms with E-state index in [-0.39, 0.29) is 22.6 Å². The molecule has 0 aliphatic rings. The molecule has 8 heteroatoms. The second-order valence-electron chi connectivity index (χ2n) is 4.10. The summed E-state index contributed by atoms with van der Waals surface area (Å²) < 4.78 is 26.4. The molecule has 0 atom stereocenters. The van der Waals surface area contributed by atoms with Crippen LogP contribution in [0.2, 0.25) is 0 Å². The van der Waals surface area contributed by atoms with Crippen molar-refractivity contribution in [3.05, 3.63) is 63.7 Å². The van der Waals surface area contributed by atoms with E-state index in [1.165, 1.54) is 6.07 Å². The number of nitro benzene ring substituents is 1. The quantitative estimate of drug-likeness (QED) is 0.668.